The SMILES string of the molecule is CN(OCC(F)(F)F)[Si](C)(C)C. The molecule has 6 heteroatoms. The maximum absolute atomic E-state index is 11.7. The lowest BCUT2D eigenvalue weighted by Gasteiger charge is -2.29. The van der Waals surface area contributed by atoms with Gasteiger partial charge < -0.3 is 0 Å². The third kappa shape index (κ3) is 5.56. The minimum Gasteiger partial charge on any atom is -0.297 e. The molecule has 0 amide bonds. The maximum Gasteiger partial charge on any atom is 0.413 e. The van der Waals surface area contributed by atoms with Crippen molar-refractivity contribution in [2.75, 3.05) is 13.7 Å². The first kappa shape index (κ1) is 11.9. The molecular weight excluding hydrogens is 187 g/mol. The summed E-state index contributed by atoms with van der Waals surface area (Å²) in [4.78, 5) is 4.54. The third-order valence-electron chi connectivity index (χ3n) is 1.37. The number of hydrogen-bond donors (Lipinski definition) is 0. The lowest BCUT2D eigenvalue weighted by Crippen LogP contribution is -2.44. The molecule has 0 aromatic carbocycles. The molecule has 0 aliphatic heterocycles. The Hall–Kier alpha value is -0.0731. The number of halogens is 3. The lowest BCUT2D eigenvalue weighted by atomic mass is 10.7. The van der Waals surface area contributed by atoms with Crippen LogP contribution in [0.4, 0.5) is 13.2 Å². The third-order valence-corrected chi connectivity index (χ3v) is 3.39. The average Bonchev–Trinajstić information content (AvgIpc) is 1.78. The number of alkyl halides is 3. The van der Waals surface area contributed by atoms with Crippen LogP contribution in [0.15, 0.2) is 0 Å². The van der Waals surface area contributed by atoms with E-state index in [0.717, 1.165) is 0 Å². The van der Waals surface area contributed by atoms with Crippen LogP contribution in [0.25, 0.3) is 0 Å². The summed E-state index contributed by atoms with van der Waals surface area (Å²) in [5.41, 5.74) is 0. The summed E-state index contributed by atoms with van der Waals surface area (Å²) in [7, 11) is -0.210. The Labute approximate surface area is 71.3 Å². The van der Waals surface area contributed by atoms with Crippen LogP contribution in [0.2, 0.25) is 19.6 Å². The average molecular weight is 201 g/mol. The molecule has 0 fully saturated rings. The summed E-state index contributed by atoms with van der Waals surface area (Å²) < 4.78 is 36.3. The predicted octanol–water partition coefficient (Wildman–Crippen LogP) is 2.25. The highest BCUT2D eigenvalue weighted by atomic mass is 28.3. The molecule has 0 radical (unpaired) electrons. The Morgan fingerprint density at radius 3 is 1.92 bits per heavy atom. The van der Waals surface area contributed by atoms with Gasteiger partial charge in [0.15, 0.2) is 14.8 Å². The standard InChI is InChI=1S/C6H14F3NOSi/c1-10(12(2,3)4)11-5-6(7,8)9/h5H2,1-4H3. The van der Waals surface area contributed by atoms with E-state index in [2.05, 4.69) is 4.84 Å². The Morgan fingerprint density at radius 1 is 1.25 bits per heavy atom. The first-order chi connectivity index (χ1) is 5.13. The van der Waals surface area contributed by atoms with Crippen LogP contribution in [-0.4, -0.2) is 32.8 Å². The van der Waals surface area contributed by atoms with Gasteiger partial charge in [0.1, 0.15) is 0 Å². The van der Waals surface area contributed by atoms with Gasteiger partial charge in [-0.05, 0) is 0 Å². The summed E-state index contributed by atoms with van der Waals surface area (Å²) >= 11 is 0. The van der Waals surface area contributed by atoms with Crippen molar-refractivity contribution < 1.29 is 18.0 Å². The fourth-order valence-electron chi connectivity index (χ4n) is 0.364. The molecule has 0 N–H and O–H groups in total. The molecule has 0 spiro atoms. The topological polar surface area (TPSA) is 12.5 Å². The van der Waals surface area contributed by atoms with Gasteiger partial charge in [0, 0.05) is 7.05 Å². The highest BCUT2D eigenvalue weighted by molar-refractivity contribution is 6.72. The van der Waals surface area contributed by atoms with Crippen molar-refractivity contribution in [3.05, 3.63) is 0 Å². The van der Waals surface area contributed by atoms with E-state index in [1.807, 2.05) is 19.6 Å². The van der Waals surface area contributed by atoms with Crippen LogP contribution in [0.1, 0.15) is 0 Å². The van der Waals surface area contributed by atoms with E-state index in [-0.39, 0.29) is 0 Å². The fourth-order valence-corrected chi connectivity index (χ4v) is 0.816. The van der Waals surface area contributed by atoms with Gasteiger partial charge in [0.2, 0.25) is 0 Å². The Balaban J connectivity index is 3.80. The van der Waals surface area contributed by atoms with Crippen molar-refractivity contribution >= 4 is 8.24 Å². The molecule has 0 rings (SSSR count). The van der Waals surface area contributed by atoms with Crippen LogP contribution in [-0.2, 0) is 4.84 Å². The van der Waals surface area contributed by atoms with Crippen LogP contribution in [0.5, 0.6) is 0 Å². The lowest BCUT2D eigenvalue weighted by molar-refractivity contribution is -0.220. The van der Waals surface area contributed by atoms with Crippen molar-refractivity contribution in [3.63, 3.8) is 0 Å². The van der Waals surface area contributed by atoms with Crippen molar-refractivity contribution in [1.82, 2.24) is 4.73 Å². The molecule has 0 aliphatic rings. The van der Waals surface area contributed by atoms with Crippen molar-refractivity contribution in [2.45, 2.75) is 25.8 Å². The van der Waals surface area contributed by atoms with E-state index in [1.54, 1.807) is 0 Å². The predicted molar refractivity (Wildman–Crippen MR) is 43.1 cm³/mol. The summed E-state index contributed by atoms with van der Waals surface area (Å²) in [5, 5.41) is 0. The van der Waals surface area contributed by atoms with Crippen LogP contribution in [0.3, 0.4) is 0 Å². The molecule has 0 aromatic rings. The normalized spacial score (nSPS) is 14.0. The molecule has 0 unspecified atom stereocenters. The zero-order valence-corrected chi connectivity index (χ0v) is 8.70. The summed E-state index contributed by atoms with van der Waals surface area (Å²) in [6.07, 6.45) is -4.24. The van der Waals surface area contributed by atoms with Crippen molar-refractivity contribution in [2.24, 2.45) is 0 Å². The van der Waals surface area contributed by atoms with Gasteiger partial charge in [-0.1, -0.05) is 19.6 Å². The van der Waals surface area contributed by atoms with Crippen LogP contribution >= 0.6 is 0 Å². The second-order valence-corrected chi connectivity index (χ2v) is 8.53. The number of rotatable bonds is 3. The van der Waals surface area contributed by atoms with E-state index in [1.165, 1.54) is 11.8 Å². The van der Waals surface area contributed by atoms with E-state index in [0.29, 0.717) is 0 Å². The summed E-state index contributed by atoms with van der Waals surface area (Å²) in [5.74, 6) is 0. The molecule has 0 saturated carbocycles. The van der Waals surface area contributed by atoms with Gasteiger partial charge >= 0.3 is 6.18 Å². The number of hydroxylamine groups is 1. The molecule has 0 aliphatic carbocycles. The minimum atomic E-state index is -4.24. The summed E-state index contributed by atoms with van der Waals surface area (Å²) in [6.45, 7) is 4.52. The molecule has 12 heavy (non-hydrogen) atoms. The van der Waals surface area contributed by atoms with E-state index >= 15 is 0 Å². The van der Waals surface area contributed by atoms with Gasteiger partial charge in [0.25, 0.3) is 0 Å². The van der Waals surface area contributed by atoms with E-state index < -0.39 is 21.0 Å². The maximum atomic E-state index is 11.7. The first-order valence-electron chi connectivity index (χ1n) is 3.56. The highest BCUT2D eigenvalue weighted by Gasteiger charge is 2.31. The van der Waals surface area contributed by atoms with Gasteiger partial charge in [-0.25, -0.2) is 4.73 Å². The molecule has 0 atom stereocenters. The van der Waals surface area contributed by atoms with Gasteiger partial charge in [-0.3, -0.25) is 4.84 Å². The fraction of sp³-hybridized carbons (Fsp3) is 1.00. The molecule has 0 aromatic heterocycles. The van der Waals surface area contributed by atoms with Gasteiger partial charge in [-0.2, -0.15) is 13.2 Å². The van der Waals surface area contributed by atoms with E-state index in [4.69, 9.17) is 0 Å². The smallest absolute Gasteiger partial charge is 0.297 e. The molecule has 0 bridgehead atoms. The van der Waals surface area contributed by atoms with Crippen molar-refractivity contribution in [3.8, 4) is 0 Å². The quantitative estimate of drug-likeness (QED) is 0.513. The van der Waals surface area contributed by atoms with Crippen LogP contribution < -0.4 is 0 Å². The zero-order valence-electron chi connectivity index (χ0n) is 7.70. The molecule has 2 nitrogen and oxygen atoms in total. The molecule has 74 valence electrons. The number of nitrogens with zero attached hydrogens (tertiary/aromatic N) is 1. The molecular formula is C6H14F3NOSi. The van der Waals surface area contributed by atoms with Gasteiger partial charge in [-0.15, -0.1) is 0 Å². The Kier molecular flexibility index (Phi) is 3.74. The first-order valence-corrected chi connectivity index (χ1v) is 7.01. The second kappa shape index (κ2) is 3.76. The molecule has 0 saturated heterocycles. The van der Waals surface area contributed by atoms with Gasteiger partial charge in [0.05, 0.1) is 0 Å². The minimum absolute atomic E-state index is 1.20. The van der Waals surface area contributed by atoms with Crippen molar-refractivity contribution in [1.29, 1.82) is 0 Å². The number of hydrogen-bond acceptors (Lipinski definition) is 2. The Morgan fingerprint density at radius 2 is 1.67 bits per heavy atom. The largest absolute Gasteiger partial charge is 0.413 e. The van der Waals surface area contributed by atoms with Crippen LogP contribution in [0, 0.1) is 0 Å². The van der Waals surface area contributed by atoms with E-state index in [9.17, 15) is 13.2 Å². The zero-order chi connectivity index (χ0) is 9.99. The highest BCUT2D eigenvalue weighted by Crippen LogP contribution is 2.16. The monoisotopic (exact) mass is 201 g/mol. The molecule has 0 heterocycles. The second-order valence-electron chi connectivity index (χ2n) is 3.56. The summed E-state index contributed by atoms with van der Waals surface area (Å²) in [6, 6.07) is 0. The Bertz CT molecular complexity index is 143.